The Morgan fingerprint density at radius 3 is 3.12 bits per heavy atom. The lowest BCUT2D eigenvalue weighted by Gasteiger charge is -2.10. The minimum atomic E-state index is -0.202. The smallest absolute Gasteiger partial charge is 0.271 e. The van der Waals surface area contributed by atoms with E-state index >= 15 is 0 Å². The number of aromatic nitrogens is 2. The van der Waals surface area contributed by atoms with Crippen LogP contribution in [0.25, 0.3) is 0 Å². The first-order chi connectivity index (χ1) is 11.6. The van der Waals surface area contributed by atoms with Crippen molar-refractivity contribution >= 4 is 17.5 Å². The highest BCUT2D eigenvalue weighted by Crippen LogP contribution is 2.22. The Bertz CT molecular complexity index is 711. The highest BCUT2D eigenvalue weighted by Gasteiger charge is 2.17. The molecule has 1 N–H and O–H groups in total. The highest BCUT2D eigenvalue weighted by molar-refractivity contribution is 6.30. The molecule has 1 atom stereocenters. The minimum absolute atomic E-state index is 0.118. The van der Waals surface area contributed by atoms with Crippen LogP contribution in [0.15, 0.2) is 30.5 Å². The number of rotatable bonds is 6. The number of amides is 1. The highest BCUT2D eigenvalue weighted by atomic mass is 35.5. The summed E-state index contributed by atoms with van der Waals surface area (Å²) in [6, 6.07) is 7.10. The van der Waals surface area contributed by atoms with Crippen LogP contribution in [0.1, 0.15) is 28.9 Å². The van der Waals surface area contributed by atoms with E-state index in [-0.39, 0.29) is 18.7 Å². The van der Waals surface area contributed by atoms with E-state index in [0.717, 1.165) is 30.8 Å². The van der Waals surface area contributed by atoms with Crippen molar-refractivity contribution in [2.24, 2.45) is 0 Å². The third-order valence-electron chi connectivity index (χ3n) is 3.88. The van der Waals surface area contributed by atoms with Crippen LogP contribution in [0.2, 0.25) is 5.02 Å². The zero-order chi connectivity index (χ0) is 16.9. The molecule has 1 aliphatic rings. The number of carbonyl (C=O) groups is 1. The number of benzene rings is 1. The second kappa shape index (κ2) is 7.68. The zero-order valence-electron chi connectivity index (χ0n) is 13.5. The number of nitrogens with one attached hydrogen (secondary N) is 1. The van der Waals surface area contributed by atoms with Crippen molar-refractivity contribution in [2.75, 3.05) is 13.2 Å². The maximum atomic E-state index is 12.1. The number of halogens is 1. The van der Waals surface area contributed by atoms with Gasteiger partial charge in [-0.2, -0.15) is 5.10 Å². The summed E-state index contributed by atoms with van der Waals surface area (Å²) in [6.45, 7) is 3.44. The van der Waals surface area contributed by atoms with Crippen molar-refractivity contribution in [3.05, 3.63) is 46.7 Å². The third-order valence-corrected chi connectivity index (χ3v) is 4.11. The lowest BCUT2D eigenvalue weighted by Crippen LogP contribution is -2.32. The Morgan fingerprint density at radius 2 is 2.38 bits per heavy atom. The van der Waals surface area contributed by atoms with Crippen molar-refractivity contribution in [1.82, 2.24) is 15.1 Å². The van der Waals surface area contributed by atoms with E-state index in [4.69, 9.17) is 21.1 Å². The molecule has 1 aromatic carbocycles. The van der Waals surface area contributed by atoms with Gasteiger partial charge in [-0.05, 0) is 49.6 Å². The average molecular weight is 350 g/mol. The van der Waals surface area contributed by atoms with Gasteiger partial charge in [0.25, 0.3) is 5.91 Å². The molecule has 2 heterocycles. The van der Waals surface area contributed by atoms with Gasteiger partial charge >= 0.3 is 0 Å². The maximum Gasteiger partial charge on any atom is 0.271 e. The molecule has 128 valence electrons. The summed E-state index contributed by atoms with van der Waals surface area (Å²) in [6.07, 6.45) is 3.87. The average Bonchev–Trinajstić information content (AvgIpc) is 3.23. The van der Waals surface area contributed by atoms with E-state index in [9.17, 15) is 4.79 Å². The fraction of sp³-hybridized carbons (Fsp3) is 0.412. The van der Waals surface area contributed by atoms with Gasteiger partial charge < -0.3 is 14.8 Å². The predicted octanol–water partition coefficient (Wildman–Crippen LogP) is 2.79. The van der Waals surface area contributed by atoms with Gasteiger partial charge in [-0.1, -0.05) is 11.6 Å². The van der Waals surface area contributed by atoms with Crippen LogP contribution in [-0.2, 0) is 11.5 Å². The van der Waals surface area contributed by atoms with Crippen LogP contribution in [-0.4, -0.2) is 34.9 Å². The number of ether oxygens (including phenoxy) is 2. The van der Waals surface area contributed by atoms with Crippen LogP contribution in [0.3, 0.4) is 0 Å². The topological polar surface area (TPSA) is 65.4 Å². The number of hydrogen-bond donors (Lipinski definition) is 1. The number of hydrogen-bond acceptors (Lipinski definition) is 4. The van der Waals surface area contributed by atoms with Gasteiger partial charge in [0.05, 0.1) is 6.10 Å². The van der Waals surface area contributed by atoms with Gasteiger partial charge in [-0.3, -0.25) is 4.79 Å². The Kier molecular flexibility index (Phi) is 5.37. The normalized spacial score (nSPS) is 17.0. The first kappa shape index (κ1) is 16.8. The fourth-order valence-electron chi connectivity index (χ4n) is 2.57. The summed E-state index contributed by atoms with van der Waals surface area (Å²) < 4.78 is 12.8. The van der Waals surface area contributed by atoms with Crippen LogP contribution >= 0.6 is 11.6 Å². The van der Waals surface area contributed by atoms with Gasteiger partial charge in [0.15, 0.2) is 6.73 Å². The van der Waals surface area contributed by atoms with Crippen LogP contribution in [0, 0.1) is 6.92 Å². The largest absolute Gasteiger partial charge is 0.471 e. The molecule has 0 bridgehead atoms. The minimum Gasteiger partial charge on any atom is -0.471 e. The summed E-state index contributed by atoms with van der Waals surface area (Å²) >= 11 is 5.92. The standard InChI is InChI=1S/C17H20ClN3O3/c1-12-9-13(18)4-5-16(12)24-11-21-7-6-15(20-21)17(22)19-10-14-3-2-8-23-14/h4-7,9,14H,2-3,8,10-11H2,1H3,(H,19,22). The first-order valence-corrected chi connectivity index (χ1v) is 8.32. The van der Waals surface area contributed by atoms with E-state index in [1.54, 1.807) is 23.0 Å². The lowest BCUT2D eigenvalue weighted by molar-refractivity contribution is 0.0852. The molecule has 7 heteroatoms. The molecule has 1 unspecified atom stereocenters. The number of aryl methyl sites for hydroxylation is 1. The second-order valence-corrected chi connectivity index (χ2v) is 6.21. The SMILES string of the molecule is Cc1cc(Cl)ccc1OCn1ccc(C(=O)NCC2CCCO2)n1. The molecule has 1 saturated heterocycles. The fourth-order valence-corrected chi connectivity index (χ4v) is 2.79. The maximum absolute atomic E-state index is 12.1. The molecule has 0 spiro atoms. The summed E-state index contributed by atoms with van der Waals surface area (Å²) in [5.41, 5.74) is 1.31. The molecule has 1 aliphatic heterocycles. The van der Waals surface area contributed by atoms with Crippen molar-refractivity contribution in [3.63, 3.8) is 0 Å². The van der Waals surface area contributed by atoms with Crippen LogP contribution in [0.5, 0.6) is 5.75 Å². The second-order valence-electron chi connectivity index (χ2n) is 5.77. The third kappa shape index (κ3) is 4.27. The van der Waals surface area contributed by atoms with E-state index < -0.39 is 0 Å². The molecule has 24 heavy (non-hydrogen) atoms. The van der Waals surface area contributed by atoms with Gasteiger partial charge in [0.2, 0.25) is 0 Å². The van der Waals surface area contributed by atoms with E-state index in [1.165, 1.54) is 0 Å². The number of nitrogens with zero attached hydrogens (tertiary/aromatic N) is 2. The Hall–Kier alpha value is -2.05. The predicted molar refractivity (Wildman–Crippen MR) is 90.4 cm³/mol. The molecule has 1 fully saturated rings. The summed E-state index contributed by atoms with van der Waals surface area (Å²) in [4.78, 5) is 12.1. The van der Waals surface area contributed by atoms with Gasteiger partial charge in [0.1, 0.15) is 11.4 Å². The zero-order valence-corrected chi connectivity index (χ0v) is 14.3. The van der Waals surface area contributed by atoms with Crippen molar-refractivity contribution in [3.8, 4) is 5.75 Å². The molecule has 3 rings (SSSR count). The molecule has 0 radical (unpaired) electrons. The van der Waals surface area contributed by atoms with Gasteiger partial charge in [-0.15, -0.1) is 0 Å². The van der Waals surface area contributed by atoms with E-state index in [1.807, 2.05) is 19.1 Å². The lowest BCUT2D eigenvalue weighted by atomic mass is 10.2. The van der Waals surface area contributed by atoms with Crippen molar-refractivity contribution in [1.29, 1.82) is 0 Å². The van der Waals surface area contributed by atoms with Gasteiger partial charge in [-0.25, -0.2) is 4.68 Å². The summed E-state index contributed by atoms with van der Waals surface area (Å²) in [7, 11) is 0. The first-order valence-electron chi connectivity index (χ1n) is 7.94. The number of carbonyl (C=O) groups excluding carboxylic acids is 1. The summed E-state index contributed by atoms with van der Waals surface area (Å²) in [5, 5.41) is 7.75. The monoisotopic (exact) mass is 349 g/mol. The quantitative estimate of drug-likeness (QED) is 0.871. The molecule has 2 aromatic rings. The molecule has 1 aromatic heterocycles. The Morgan fingerprint density at radius 1 is 1.50 bits per heavy atom. The van der Waals surface area contributed by atoms with Crippen LogP contribution < -0.4 is 10.1 Å². The molecular weight excluding hydrogens is 330 g/mol. The van der Waals surface area contributed by atoms with Crippen molar-refractivity contribution in [2.45, 2.75) is 32.6 Å². The molecule has 1 amide bonds. The van der Waals surface area contributed by atoms with E-state index in [2.05, 4.69) is 10.4 Å². The van der Waals surface area contributed by atoms with Crippen molar-refractivity contribution < 1.29 is 14.3 Å². The molecule has 6 nitrogen and oxygen atoms in total. The molecular formula is C17H20ClN3O3. The molecule has 0 saturated carbocycles. The van der Waals surface area contributed by atoms with Crippen LogP contribution in [0.4, 0.5) is 0 Å². The Labute approximate surface area is 145 Å². The van der Waals surface area contributed by atoms with E-state index in [0.29, 0.717) is 17.3 Å². The summed E-state index contributed by atoms with van der Waals surface area (Å²) in [5.74, 6) is 0.534. The molecule has 0 aliphatic carbocycles. The van der Waals surface area contributed by atoms with Gasteiger partial charge in [0, 0.05) is 24.4 Å². The Balaban J connectivity index is 1.51.